The van der Waals surface area contributed by atoms with Gasteiger partial charge in [-0.2, -0.15) is 0 Å². The van der Waals surface area contributed by atoms with Gasteiger partial charge in [-0.25, -0.2) is 0 Å². The topological polar surface area (TPSA) is 40.6 Å². The van der Waals surface area contributed by atoms with Crippen molar-refractivity contribution in [2.24, 2.45) is 0 Å². The Labute approximate surface area is 120 Å². The summed E-state index contributed by atoms with van der Waals surface area (Å²) in [5.74, 6) is -0.154. The third-order valence-corrected chi connectivity index (χ3v) is 4.24. The van der Waals surface area contributed by atoms with Crippen molar-refractivity contribution < 1.29 is 9.59 Å². The second-order valence-corrected chi connectivity index (χ2v) is 5.88. The minimum Gasteiger partial charge on any atom is -0.347 e. The monoisotopic (exact) mass is 332 g/mol. The van der Waals surface area contributed by atoms with Gasteiger partial charge in [0.25, 0.3) is 5.91 Å². The molecule has 100 valence electrons. The first kappa shape index (κ1) is 15.2. The number of nitrogens with zero attached hydrogens (tertiary/aromatic N) is 2. The Bertz CT molecular complexity index is 431. The molecule has 1 aromatic rings. The summed E-state index contributed by atoms with van der Waals surface area (Å²) in [6.45, 7) is 2.71. The molecule has 0 aliphatic heterocycles. The van der Waals surface area contributed by atoms with Crippen LogP contribution in [0.1, 0.15) is 23.0 Å². The average molecular weight is 333 g/mol. The number of halogens is 1. The van der Waals surface area contributed by atoms with Crippen LogP contribution in [0.4, 0.5) is 0 Å². The lowest BCUT2D eigenvalue weighted by Gasteiger charge is -2.23. The Balaban J connectivity index is 2.82. The van der Waals surface area contributed by atoms with Gasteiger partial charge in [-0.3, -0.25) is 9.59 Å². The summed E-state index contributed by atoms with van der Waals surface area (Å²) in [6, 6.07) is 1.84. The van der Waals surface area contributed by atoms with Crippen molar-refractivity contribution in [3.8, 4) is 0 Å². The molecule has 1 aromatic heterocycles. The van der Waals surface area contributed by atoms with Crippen molar-refractivity contribution in [2.75, 3.05) is 27.2 Å². The molecule has 0 bridgehead atoms. The van der Waals surface area contributed by atoms with Gasteiger partial charge >= 0.3 is 0 Å². The molecule has 0 atom stereocenters. The van der Waals surface area contributed by atoms with Gasteiger partial charge in [0.1, 0.15) is 11.4 Å². The smallest absolute Gasteiger partial charge is 0.265 e. The number of amides is 2. The Morgan fingerprint density at radius 3 is 2.50 bits per heavy atom. The van der Waals surface area contributed by atoms with Gasteiger partial charge in [-0.05, 0) is 33.8 Å². The maximum Gasteiger partial charge on any atom is 0.265 e. The van der Waals surface area contributed by atoms with Crippen molar-refractivity contribution in [1.82, 2.24) is 9.80 Å². The van der Waals surface area contributed by atoms with Crippen molar-refractivity contribution in [1.29, 1.82) is 0 Å². The summed E-state index contributed by atoms with van der Waals surface area (Å²) < 4.78 is 0.788. The molecule has 0 fully saturated rings. The highest BCUT2D eigenvalue weighted by Gasteiger charge is 2.21. The molecule has 0 unspecified atom stereocenters. The summed E-state index contributed by atoms with van der Waals surface area (Å²) >= 11 is 4.73. The lowest BCUT2D eigenvalue weighted by Crippen LogP contribution is -2.40. The van der Waals surface area contributed by atoms with Gasteiger partial charge in [0.2, 0.25) is 5.91 Å². The van der Waals surface area contributed by atoms with Gasteiger partial charge in [0, 0.05) is 25.1 Å². The van der Waals surface area contributed by atoms with E-state index >= 15 is 0 Å². The first-order valence-corrected chi connectivity index (χ1v) is 7.37. The largest absolute Gasteiger partial charge is 0.347 e. The number of hydrogen-bond donors (Lipinski definition) is 0. The number of thiophene rings is 1. The van der Waals surface area contributed by atoms with Crippen LogP contribution in [0.5, 0.6) is 0 Å². The molecule has 0 saturated carbocycles. The van der Waals surface area contributed by atoms with Crippen LogP contribution in [-0.2, 0) is 4.79 Å². The standard InChI is InChI=1S/C12H17BrN2O2S/c1-4-6-15(8-10(16)14(2)3)12(17)11-9(13)5-7-18-11/h5,7H,4,6,8H2,1-3H3. The highest BCUT2D eigenvalue weighted by Crippen LogP contribution is 2.24. The summed E-state index contributed by atoms with van der Waals surface area (Å²) in [5.41, 5.74) is 0. The van der Waals surface area contributed by atoms with E-state index in [1.165, 1.54) is 16.2 Å². The van der Waals surface area contributed by atoms with Crippen LogP contribution >= 0.6 is 27.3 Å². The average Bonchev–Trinajstić information content (AvgIpc) is 2.73. The third-order valence-electron chi connectivity index (χ3n) is 2.42. The number of rotatable bonds is 5. The van der Waals surface area contributed by atoms with E-state index in [1.807, 2.05) is 18.4 Å². The van der Waals surface area contributed by atoms with Crippen LogP contribution in [-0.4, -0.2) is 48.8 Å². The molecule has 1 rings (SSSR count). The Morgan fingerprint density at radius 1 is 1.39 bits per heavy atom. The van der Waals surface area contributed by atoms with E-state index in [2.05, 4.69) is 15.9 Å². The Morgan fingerprint density at radius 2 is 2.06 bits per heavy atom. The minimum absolute atomic E-state index is 0.0653. The summed E-state index contributed by atoms with van der Waals surface area (Å²) in [5, 5.41) is 1.86. The zero-order valence-corrected chi connectivity index (χ0v) is 13.2. The van der Waals surface area contributed by atoms with Crippen LogP contribution in [0.25, 0.3) is 0 Å². The first-order chi connectivity index (χ1) is 8.47. The van der Waals surface area contributed by atoms with Gasteiger partial charge in [-0.15, -0.1) is 11.3 Å². The molecule has 6 heteroatoms. The maximum atomic E-state index is 12.3. The van der Waals surface area contributed by atoms with E-state index in [9.17, 15) is 9.59 Å². The van der Waals surface area contributed by atoms with Crippen LogP contribution in [0.2, 0.25) is 0 Å². The molecule has 0 aliphatic rings. The van der Waals surface area contributed by atoms with Gasteiger partial charge in [0.05, 0.1) is 0 Å². The molecule has 0 N–H and O–H groups in total. The van der Waals surface area contributed by atoms with Crippen LogP contribution in [0.3, 0.4) is 0 Å². The predicted octanol–water partition coefficient (Wildman–Crippen LogP) is 2.45. The van der Waals surface area contributed by atoms with Crippen LogP contribution < -0.4 is 0 Å². The third kappa shape index (κ3) is 3.81. The zero-order chi connectivity index (χ0) is 13.7. The molecule has 0 aliphatic carbocycles. The number of hydrogen-bond acceptors (Lipinski definition) is 3. The van der Waals surface area contributed by atoms with E-state index < -0.39 is 0 Å². The lowest BCUT2D eigenvalue weighted by molar-refractivity contribution is -0.129. The molecule has 1 heterocycles. The molecular formula is C12H17BrN2O2S. The van der Waals surface area contributed by atoms with Crippen molar-refractivity contribution in [3.63, 3.8) is 0 Å². The first-order valence-electron chi connectivity index (χ1n) is 5.69. The normalized spacial score (nSPS) is 10.2. The van der Waals surface area contributed by atoms with Gasteiger partial charge in [-0.1, -0.05) is 6.92 Å². The maximum absolute atomic E-state index is 12.3. The number of carbonyl (C=O) groups is 2. The zero-order valence-electron chi connectivity index (χ0n) is 10.8. The van der Waals surface area contributed by atoms with E-state index in [4.69, 9.17) is 0 Å². The molecule has 4 nitrogen and oxygen atoms in total. The fourth-order valence-corrected chi connectivity index (χ4v) is 2.92. The summed E-state index contributed by atoms with van der Waals surface area (Å²) in [7, 11) is 3.38. The Hall–Kier alpha value is -0.880. The van der Waals surface area contributed by atoms with Crippen molar-refractivity contribution >= 4 is 39.1 Å². The fraction of sp³-hybridized carbons (Fsp3) is 0.500. The summed E-state index contributed by atoms with van der Waals surface area (Å²) in [4.78, 5) is 27.8. The predicted molar refractivity (Wildman–Crippen MR) is 76.9 cm³/mol. The molecule has 0 aromatic carbocycles. The Kier molecular flexibility index (Phi) is 5.81. The second-order valence-electron chi connectivity index (χ2n) is 4.11. The number of carbonyl (C=O) groups excluding carboxylic acids is 2. The van der Waals surface area contributed by atoms with Gasteiger partial charge < -0.3 is 9.80 Å². The van der Waals surface area contributed by atoms with Crippen LogP contribution in [0, 0.1) is 0 Å². The molecule has 18 heavy (non-hydrogen) atoms. The molecule has 0 radical (unpaired) electrons. The van der Waals surface area contributed by atoms with Gasteiger partial charge in [0.15, 0.2) is 0 Å². The molecular weight excluding hydrogens is 316 g/mol. The highest BCUT2D eigenvalue weighted by molar-refractivity contribution is 9.10. The summed E-state index contributed by atoms with van der Waals surface area (Å²) in [6.07, 6.45) is 0.829. The minimum atomic E-state index is -0.0890. The second kappa shape index (κ2) is 6.89. The molecule has 0 saturated heterocycles. The van der Waals surface area contributed by atoms with E-state index in [0.29, 0.717) is 11.4 Å². The highest BCUT2D eigenvalue weighted by atomic mass is 79.9. The van der Waals surface area contributed by atoms with E-state index in [0.717, 1.165) is 10.9 Å². The quantitative estimate of drug-likeness (QED) is 0.830. The fourth-order valence-electron chi connectivity index (χ4n) is 1.42. The van der Waals surface area contributed by atoms with Crippen molar-refractivity contribution in [3.05, 3.63) is 20.8 Å². The van der Waals surface area contributed by atoms with E-state index in [1.54, 1.807) is 19.0 Å². The molecule has 2 amide bonds. The number of likely N-dealkylation sites (N-methyl/N-ethyl adjacent to an activating group) is 1. The molecule has 0 spiro atoms. The SMILES string of the molecule is CCCN(CC(=O)N(C)C)C(=O)c1sccc1Br. The van der Waals surface area contributed by atoms with Crippen molar-refractivity contribution in [2.45, 2.75) is 13.3 Å². The van der Waals surface area contributed by atoms with E-state index in [-0.39, 0.29) is 18.4 Å². The van der Waals surface area contributed by atoms with Crippen LogP contribution in [0.15, 0.2) is 15.9 Å². The lowest BCUT2D eigenvalue weighted by atomic mass is 10.3.